The SMILES string of the molecule is Cc1csc(-c2cccc(S(=O)(=O)N(C)C3CC4CCC(C3)N4)c2)n1. The lowest BCUT2D eigenvalue weighted by Crippen LogP contribution is -2.48. The summed E-state index contributed by atoms with van der Waals surface area (Å²) < 4.78 is 27.9. The first-order valence-corrected chi connectivity index (χ1v) is 11.0. The Hall–Kier alpha value is -1.28. The third kappa shape index (κ3) is 3.26. The van der Waals surface area contributed by atoms with E-state index in [0.717, 1.165) is 41.9 Å². The van der Waals surface area contributed by atoms with E-state index in [0.29, 0.717) is 17.0 Å². The molecule has 7 heteroatoms. The molecule has 5 nitrogen and oxygen atoms in total. The van der Waals surface area contributed by atoms with Crippen LogP contribution in [-0.2, 0) is 10.0 Å². The van der Waals surface area contributed by atoms with Crippen LogP contribution >= 0.6 is 11.3 Å². The number of aryl methyl sites for hydroxylation is 1. The van der Waals surface area contributed by atoms with Gasteiger partial charge in [0.15, 0.2) is 0 Å². The van der Waals surface area contributed by atoms with E-state index in [4.69, 9.17) is 0 Å². The van der Waals surface area contributed by atoms with E-state index < -0.39 is 10.0 Å². The van der Waals surface area contributed by atoms with Gasteiger partial charge in [-0.05, 0) is 44.7 Å². The Kier molecular flexibility index (Phi) is 4.43. The lowest BCUT2D eigenvalue weighted by atomic mass is 10.0. The smallest absolute Gasteiger partial charge is 0.243 e. The maximum absolute atomic E-state index is 13.1. The molecule has 0 spiro atoms. The summed E-state index contributed by atoms with van der Waals surface area (Å²) in [6.07, 6.45) is 4.12. The van der Waals surface area contributed by atoms with Crippen molar-refractivity contribution in [1.82, 2.24) is 14.6 Å². The second-order valence-electron chi connectivity index (χ2n) is 7.11. The molecule has 1 aromatic carbocycles. The minimum absolute atomic E-state index is 0.0783. The molecule has 134 valence electrons. The normalized spacial score (nSPS) is 26.3. The number of hydrogen-bond acceptors (Lipinski definition) is 5. The van der Waals surface area contributed by atoms with Crippen LogP contribution in [-0.4, -0.2) is 42.9 Å². The van der Waals surface area contributed by atoms with Gasteiger partial charge in [0.2, 0.25) is 10.0 Å². The molecule has 2 saturated heterocycles. The fourth-order valence-electron chi connectivity index (χ4n) is 3.96. The Morgan fingerprint density at radius 3 is 2.60 bits per heavy atom. The molecular weight excluding hydrogens is 354 g/mol. The lowest BCUT2D eigenvalue weighted by Gasteiger charge is -2.34. The third-order valence-electron chi connectivity index (χ3n) is 5.34. The molecule has 0 radical (unpaired) electrons. The summed E-state index contributed by atoms with van der Waals surface area (Å²) in [4.78, 5) is 4.82. The monoisotopic (exact) mass is 377 g/mol. The second-order valence-corrected chi connectivity index (χ2v) is 9.96. The molecule has 2 aliphatic rings. The minimum Gasteiger partial charge on any atom is -0.311 e. The zero-order valence-electron chi connectivity index (χ0n) is 14.5. The Morgan fingerprint density at radius 2 is 1.96 bits per heavy atom. The number of rotatable bonds is 4. The highest BCUT2D eigenvalue weighted by molar-refractivity contribution is 7.89. The van der Waals surface area contributed by atoms with Crippen molar-refractivity contribution in [3.05, 3.63) is 35.3 Å². The summed E-state index contributed by atoms with van der Waals surface area (Å²) in [5, 5.41) is 6.41. The Morgan fingerprint density at radius 1 is 1.24 bits per heavy atom. The quantitative estimate of drug-likeness (QED) is 0.890. The van der Waals surface area contributed by atoms with Gasteiger partial charge in [-0.25, -0.2) is 13.4 Å². The second kappa shape index (κ2) is 6.46. The van der Waals surface area contributed by atoms with Crippen molar-refractivity contribution in [3.8, 4) is 10.6 Å². The van der Waals surface area contributed by atoms with Gasteiger partial charge in [0, 0.05) is 41.8 Å². The molecule has 2 unspecified atom stereocenters. The summed E-state index contributed by atoms with van der Waals surface area (Å²) in [7, 11) is -1.77. The largest absolute Gasteiger partial charge is 0.311 e. The zero-order chi connectivity index (χ0) is 17.6. The number of aromatic nitrogens is 1. The molecule has 1 aromatic heterocycles. The highest BCUT2D eigenvalue weighted by Gasteiger charge is 2.38. The van der Waals surface area contributed by atoms with Gasteiger partial charge in [0.05, 0.1) is 4.90 Å². The molecule has 4 rings (SSSR count). The van der Waals surface area contributed by atoms with Crippen LogP contribution in [0.5, 0.6) is 0 Å². The molecule has 0 aliphatic carbocycles. The van der Waals surface area contributed by atoms with E-state index in [2.05, 4.69) is 10.3 Å². The number of fused-ring (bicyclic) bond motifs is 2. The van der Waals surface area contributed by atoms with E-state index in [9.17, 15) is 8.42 Å². The first-order chi connectivity index (χ1) is 11.9. The topological polar surface area (TPSA) is 62.3 Å². The Balaban J connectivity index is 1.61. The van der Waals surface area contributed by atoms with Crippen molar-refractivity contribution >= 4 is 21.4 Å². The lowest BCUT2D eigenvalue weighted by molar-refractivity contribution is 0.251. The molecule has 2 fully saturated rings. The number of benzene rings is 1. The summed E-state index contributed by atoms with van der Waals surface area (Å²) in [5.74, 6) is 0. The first kappa shape index (κ1) is 17.1. The third-order valence-corrected chi connectivity index (χ3v) is 8.25. The fraction of sp³-hybridized carbons (Fsp3) is 0.500. The van der Waals surface area contributed by atoms with E-state index >= 15 is 0 Å². The maximum atomic E-state index is 13.1. The van der Waals surface area contributed by atoms with Crippen molar-refractivity contribution < 1.29 is 8.42 Å². The van der Waals surface area contributed by atoms with Gasteiger partial charge >= 0.3 is 0 Å². The summed E-state index contributed by atoms with van der Waals surface area (Å²) in [6, 6.07) is 8.17. The maximum Gasteiger partial charge on any atom is 0.243 e. The number of sulfonamides is 1. The summed E-state index contributed by atoms with van der Waals surface area (Å²) in [5.41, 5.74) is 1.81. The number of nitrogens with zero attached hydrogens (tertiary/aromatic N) is 2. The van der Waals surface area contributed by atoms with Gasteiger partial charge in [0.1, 0.15) is 5.01 Å². The highest BCUT2D eigenvalue weighted by atomic mass is 32.2. The molecule has 25 heavy (non-hydrogen) atoms. The van der Waals surface area contributed by atoms with Crippen LogP contribution in [0.15, 0.2) is 34.5 Å². The zero-order valence-corrected chi connectivity index (χ0v) is 16.1. The number of hydrogen-bond donors (Lipinski definition) is 1. The predicted molar refractivity (Wildman–Crippen MR) is 100 cm³/mol. The number of piperidine rings is 1. The van der Waals surface area contributed by atoms with Gasteiger partial charge in [-0.3, -0.25) is 0 Å². The van der Waals surface area contributed by atoms with Crippen LogP contribution in [0.1, 0.15) is 31.4 Å². The fourth-order valence-corrected chi connectivity index (χ4v) is 6.18. The molecule has 3 heterocycles. The van der Waals surface area contributed by atoms with E-state index in [1.54, 1.807) is 29.6 Å². The van der Waals surface area contributed by atoms with E-state index in [-0.39, 0.29) is 6.04 Å². The molecule has 1 N–H and O–H groups in total. The van der Waals surface area contributed by atoms with Gasteiger partial charge in [-0.15, -0.1) is 11.3 Å². The average molecular weight is 378 g/mol. The van der Waals surface area contributed by atoms with E-state index in [1.807, 2.05) is 18.4 Å². The van der Waals surface area contributed by atoms with Crippen molar-refractivity contribution in [1.29, 1.82) is 0 Å². The highest BCUT2D eigenvalue weighted by Crippen LogP contribution is 2.32. The van der Waals surface area contributed by atoms with Gasteiger partial charge in [0.25, 0.3) is 0 Å². The standard InChI is InChI=1S/C18H23N3O2S2/c1-12-11-24-18(19-12)13-4-3-5-17(8-13)25(22,23)21(2)16-9-14-6-7-15(10-16)20-14/h3-5,8,11,14-16,20H,6-7,9-10H2,1-2H3. The van der Waals surface area contributed by atoms with Crippen molar-refractivity contribution in [3.63, 3.8) is 0 Å². The van der Waals surface area contributed by atoms with Crippen LogP contribution in [0.4, 0.5) is 0 Å². The minimum atomic E-state index is -3.50. The van der Waals surface area contributed by atoms with Crippen LogP contribution in [0.2, 0.25) is 0 Å². The van der Waals surface area contributed by atoms with Crippen LogP contribution in [0.3, 0.4) is 0 Å². The van der Waals surface area contributed by atoms with Crippen molar-refractivity contribution in [2.75, 3.05) is 7.05 Å². The number of thiazole rings is 1. The van der Waals surface area contributed by atoms with Crippen LogP contribution in [0, 0.1) is 6.92 Å². The van der Waals surface area contributed by atoms with E-state index in [1.165, 1.54) is 11.3 Å². The molecule has 2 aliphatic heterocycles. The number of nitrogens with one attached hydrogen (secondary N) is 1. The molecular formula is C18H23N3O2S2. The van der Waals surface area contributed by atoms with Crippen LogP contribution in [0.25, 0.3) is 10.6 Å². The Labute approximate surface area is 153 Å². The summed E-state index contributed by atoms with van der Waals surface area (Å²) in [6.45, 7) is 1.94. The summed E-state index contributed by atoms with van der Waals surface area (Å²) >= 11 is 1.54. The first-order valence-electron chi connectivity index (χ1n) is 8.70. The van der Waals surface area contributed by atoms with Crippen molar-refractivity contribution in [2.24, 2.45) is 0 Å². The Bertz CT molecular complexity index is 866. The average Bonchev–Trinajstić information content (AvgIpc) is 3.19. The molecule has 2 aromatic rings. The predicted octanol–water partition coefficient (Wildman–Crippen LogP) is 3.02. The molecule has 0 amide bonds. The van der Waals surface area contributed by atoms with Gasteiger partial charge in [-0.2, -0.15) is 4.31 Å². The molecule has 0 saturated carbocycles. The molecule has 2 bridgehead atoms. The van der Waals surface area contributed by atoms with Gasteiger partial charge < -0.3 is 5.32 Å². The van der Waals surface area contributed by atoms with Crippen LogP contribution < -0.4 is 5.32 Å². The van der Waals surface area contributed by atoms with Crippen molar-refractivity contribution in [2.45, 2.75) is 55.6 Å². The molecule has 2 atom stereocenters. The van der Waals surface area contributed by atoms with Gasteiger partial charge in [-0.1, -0.05) is 12.1 Å².